The molecule has 2 aromatic carbocycles. The van der Waals surface area contributed by atoms with E-state index in [9.17, 15) is 18.0 Å². The summed E-state index contributed by atoms with van der Waals surface area (Å²) in [6.07, 6.45) is 4.62. The fourth-order valence-corrected chi connectivity index (χ4v) is 5.87. The summed E-state index contributed by atoms with van der Waals surface area (Å²) in [6.45, 7) is 3.14. The Bertz CT molecular complexity index is 1400. The number of amides is 1. The van der Waals surface area contributed by atoms with Crippen LogP contribution in [0.1, 0.15) is 61.8 Å². The number of anilines is 1. The first-order valence-corrected chi connectivity index (χ1v) is 13.1. The summed E-state index contributed by atoms with van der Waals surface area (Å²) in [7, 11) is 0. The number of halogens is 3. The van der Waals surface area contributed by atoms with E-state index in [-0.39, 0.29) is 29.6 Å². The van der Waals surface area contributed by atoms with Crippen molar-refractivity contribution in [1.82, 2.24) is 15.1 Å². The van der Waals surface area contributed by atoms with Gasteiger partial charge < -0.3 is 15.0 Å². The van der Waals surface area contributed by atoms with Gasteiger partial charge >= 0.3 is 0 Å². The number of nitrogens with zero attached hydrogens (tertiary/aromatic N) is 3. The van der Waals surface area contributed by atoms with Crippen LogP contribution in [0.15, 0.2) is 48.7 Å². The molecule has 1 aliphatic carbocycles. The minimum Gasteiger partial charge on any atom is -0.377 e. The summed E-state index contributed by atoms with van der Waals surface area (Å²) >= 11 is 0. The van der Waals surface area contributed by atoms with Crippen LogP contribution in [0.4, 0.5) is 18.9 Å². The molecule has 0 spiro atoms. The first kappa shape index (κ1) is 24.9. The maximum Gasteiger partial charge on any atom is 0.266 e. The molecular formula is C29H29F3N4O2. The first-order valence-electron chi connectivity index (χ1n) is 13.1. The lowest BCUT2D eigenvalue weighted by Crippen LogP contribution is -2.59. The Hall–Kier alpha value is -3.46. The van der Waals surface area contributed by atoms with Gasteiger partial charge in [-0.15, -0.1) is 0 Å². The predicted molar refractivity (Wildman–Crippen MR) is 138 cm³/mol. The molecule has 6 nitrogen and oxygen atoms in total. The van der Waals surface area contributed by atoms with E-state index >= 15 is 0 Å². The Morgan fingerprint density at radius 2 is 1.92 bits per heavy atom. The van der Waals surface area contributed by atoms with Gasteiger partial charge in [-0.25, -0.2) is 13.2 Å². The normalized spacial score (nSPS) is 23.7. The highest BCUT2D eigenvalue weighted by molar-refractivity contribution is 5.93. The average molecular weight is 523 g/mol. The van der Waals surface area contributed by atoms with Crippen LogP contribution in [0.25, 0.3) is 16.5 Å². The standard InChI is InChI=1S/C29H29F3N4O2/c1-16(22-3-2-4-23(27(22)30)28(31)32)34-26-13-33-35-25-10-9-19(11-24(25)26)17-5-7-18(8-6-17)29(37)36-14-20-12-21(15-36)38-20/h2-5,9-11,13,16,18,20-21,28H,6-8,12,14-15H2,1H3,(H,34,35)/t16-,18?,20?,21?/m1/s1. The van der Waals surface area contributed by atoms with Gasteiger partial charge in [-0.05, 0) is 49.5 Å². The Kier molecular flexibility index (Phi) is 6.55. The lowest BCUT2D eigenvalue weighted by atomic mass is 9.85. The molecule has 3 saturated heterocycles. The number of rotatable bonds is 6. The number of carbonyl (C=O) groups excluding carboxylic acids is 1. The Balaban J connectivity index is 1.20. The number of allylic oxidation sites excluding steroid dienone is 2. The molecule has 1 amide bonds. The van der Waals surface area contributed by atoms with Gasteiger partial charge in [0, 0.05) is 36.4 Å². The van der Waals surface area contributed by atoms with Crippen LogP contribution < -0.4 is 5.32 Å². The lowest BCUT2D eigenvalue weighted by Gasteiger charge is -2.47. The number of alkyl halides is 2. The monoisotopic (exact) mass is 522 g/mol. The quantitative estimate of drug-likeness (QED) is 0.426. The molecule has 4 heterocycles. The van der Waals surface area contributed by atoms with Gasteiger partial charge in [0.1, 0.15) is 5.82 Å². The molecule has 7 rings (SSSR count). The smallest absolute Gasteiger partial charge is 0.266 e. The van der Waals surface area contributed by atoms with Crippen molar-refractivity contribution in [3.8, 4) is 0 Å². The molecule has 3 aromatic rings. The second kappa shape index (κ2) is 10.0. The number of hydrogen-bond acceptors (Lipinski definition) is 5. The van der Waals surface area contributed by atoms with Gasteiger partial charge in [0.05, 0.1) is 41.2 Å². The highest BCUT2D eigenvalue weighted by atomic mass is 19.3. The fraction of sp³-hybridized carbons (Fsp3) is 0.414. The van der Waals surface area contributed by atoms with Crippen LogP contribution in [0.5, 0.6) is 0 Å². The van der Waals surface area contributed by atoms with Gasteiger partial charge in [-0.1, -0.05) is 30.3 Å². The summed E-state index contributed by atoms with van der Waals surface area (Å²) in [5.41, 5.74) is 3.07. The van der Waals surface area contributed by atoms with Gasteiger partial charge in [-0.3, -0.25) is 4.79 Å². The zero-order chi connectivity index (χ0) is 26.4. The lowest BCUT2D eigenvalue weighted by molar-refractivity contribution is -0.190. The maximum atomic E-state index is 14.7. The summed E-state index contributed by atoms with van der Waals surface area (Å²) < 4.78 is 46.8. The van der Waals surface area contributed by atoms with Crippen molar-refractivity contribution in [1.29, 1.82) is 0 Å². The number of morpholine rings is 1. The Morgan fingerprint density at radius 1 is 1.16 bits per heavy atom. The summed E-state index contributed by atoms with van der Waals surface area (Å²) in [5.74, 6) is -0.671. The van der Waals surface area contributed by atoms with E-state index in [0.717, 1.165) is 36.3 Å². The molecule has 4 atom stereocenters. The van der Waals surface area contributed by atoms with Crippen LogP contribution in [-0.2, 0) is 9.53 Å². The topological polar surface area (TPSA) is 67.4 Å². The number of aromatic nitrogens is 2. The van der Waals surface area contributed by atoms with Gasteiger partial charge in [0.2, 0.25) is 5.91 Å². The van der Waals surface area contributed by atoms with Crippen LogP contribution in [0, 0.1) is 11.7 Å². The molecule has 2 bridgehead atoms. The minimum absolute atomic E-state index is 0.000417. The van der Waals surface area contributed by atoms with E-state index in [1.54, 1.807) is 13.1 Å². The number of nitrogens with one attached hydrogen (secondary N) is 1. The number of hydrogen-bond donors (Lipinski definition) is 1. The largest absolute Gasteiger partial charge is 0.377 e. The number of carbonyl (C=O) groups is 1. The molecule has 198 valence electrons. The van der Waals surface area contributed by atoms with Crippen LogP contribution >= 0.6 is 0 Å². The highest BCUT2D eigenvalue weighted by Gasteiger charge is 2.41. The molecule has 38 heavy (non-hydrogen) atoms. The Labute approximate surface area is 218 Å². The van der Waals surface area contributed by atoms with E-state index in [4.69, 9.17) is 4.74 Å². The molecule has 4 aliphatic rings. The van der Waals surface area contributed by atoms with E-state index in [2.05, 4.69) is 21.6 Å². The highest BCUT2D eigenvalue weighted by Crippen LogP contribution is 2.36. The zero-order valence-electron chi connectivity index (χ0n) is 21.0. The van der Waals surface area contributed by atoms with Crippen molar-refractivity contribution >= 4 is 28.1 Å². The molecule has 3 aliphatic heterocycles. The van der Waals surface area contributed by atoms with Crippen molar-refractivity contribution in [2.45, 2.75) is 57.3 Å². The number of piperidine rings is 1. The zero-order valence-corrected chi connectivity index (χ0v) is 21.0. The SMILES string of the molecule is C[C@@H](Nc1cnnc2ccc(C3=CCC(C(=O)N4CC5CC(C4)O5)CC3)cc12)c1cccc(C(F)F)c1F. The summed E-state index contributed by atoms with van der Waals surface area (Å²) in [4.78, 5) is 15.0. The van der Waals surface area contributed by atoms with E-state index in [0.29, 0.717) is 30.7 Å². The number of fused-ring (bicyclic) bond motifs is 3. The third kappa shape index (κ3) is 4.64. The van der Waals surface area contributed by atoms with Crippen molar-refractivity contribution in [2.75, 3.05) is 18.4 Å². The molecule has 1 aromatic heterocycles. The van der Waals surface area contributed by atoms with Crippen LogP contribution in [-0.4, -0.2) is 46.3 Å². The number of benzene rings is 2. The molecule has 3 unspecified atom stereocenters. The molecule has 0 saturated carbocycles. The second-order valence-corrected chi connectivity index (χ2v) is 10.5. The van der Waals surface area contributed by atoms with Gasteiger partial charge in [-0.2, -0.15) is 10.2 Å². The van der Waals surface area contributed by atoms with Gasteiger partial charge in [0.15, 0.2) is 0 Å². The predicted octanol–water partition coefficient (Wildman–Crippen LogP) is 6.06. The second-order valence-electron chi connectivity index (χ2n) is 10.5. The van der Waals surface area contributed by atoms with Crippen molar-refractivity contribution in [2.24, 2.45) is 5.92 Å². The average Bonchev–Trinajstić information content (AvgIpc) is 2.92. The van der Waals surface area contributed by atoms with Crippen molar-refractivity contribution in [3.63, 3.8) is 0 Å². The third-order valence-electron chi connectivity index (χ3n) is 7.97. The van der Waals surface area contributed by atoms with Crippen molar-refractivity contribution < 1.29 is 22.7 Å². The fourth-order valence-electron chi connectivity index (χ4n) is 5.87. The summed E-state index contributed by atoms with van der Waals surface area (Å²) in [5, 5.41) is 12.3. The van der Waals surface area contributed by atoms with Crippen molar-refractivity contribution in [3.05, 3.63) is 71.2 Å². The van der Waals surface area contributed by atoms with Gasteiger partial charge in [0.25, 0.3) is 6.43 Å². The first-order chi connectivity index (χ1) is 18.4. The summed E-state index contributed by atoms with van der Waals surface area (Å²) in [6, 6.07) is 9.39. The Morgan fingerprint density at radius 3 is 2.63 bits per heavy atom. The molecule has 3 fully saturated rings. The number of ether oxygens (including phenoxy) is 1. The minimum atomic E-state index is -2.88. The maximum absolute atomic E-state index is 14.7. The van der Waals surface area contributed by atoms with E-state index < -0.39 is 23.8 Å². The molecule has 0 radical (unpaired) electrons. The van der Waals surface area contributed by atoms with Crippen LogP contribution in [0.2, 0.25) is 0 Å². The van der Waals surface area contributed by atoms with Crippen LogP contribution in [0.3, 0.4) is 0 Å². The van der Waals surface area contributed by atoms with E-state index in [1.165, 1.54) is 17.7 Å². The third-order valence-corrected chi connectivity index (χ3v) is 7.97. The molecule has 1 N–H and O–H groups in total. The molecular weight excluding hydrogens is 493 g/mol. The molecule has 9 heteroatoms. The van der Waals surface area contributed by atoms with E-state index in [1.807, 2.05) is 23.1 Å².